The summed E-state index contributed by atoms with van der Waals surface area (Å²) in [6, 6.07) is 0. The lowest BCUT2D eigenvalue weighted by Gasteiger charge is -2.37. The molecule has 1 aliphatic heterocycles. The first kappa shape index (κ1) is 11.1. The van der Waals surface area contributed by atoms with Crippen molar-refractivity contribution < 1.29 is 4.74 Å². The highest BCUT2D eigenvalue weighted by molar-refractivity contribution is 4.98. The van der Waals surface area contributed by atoms with Gasteiger partial charge in [-0.15, -0.1) is 0 Å². The van der Waals surface area contributed by atoms with Crippen LogP contribution < -0.4 is 0 Å². The van der Waals surface area contributed by atoms with E-state index in [-0.39, 0.29) is 0 Å². The smallest absolute Gasteiger partial charge is 0.0636 e. The Bertz CT molecular complexity index is 262. The van der Waals surface area contributed by atoms with Crippen molar-refractivity contribution in [1.82, 2.24) is 0 Å². The summed E-state index contributed by atoms with van der Waals surface area (Å²) in [6.07, 6.45) is 8.26. The Morgan fingerprint density at radius 1 is 0.812 bits per heavy atom. The van der Waals surface area contributed by atoms with E-state index in [0.29, 0.717) is 12.2 Å². The minimum absolute atomic E-state index is 0.612. The molecule has 1 nitrogen and oxygen atoms in total. The quantitative estimate of drug-likeness (QED) is 0.604. The van der Waals surface area contributed by atoms with E-state index in [1.165, 1.54) is 32.1 Å². The normalized spacial score (nSPS) is 56.8. The van der Waals surface area contributed by atoms with Crippen LogP contribution in [0.25, 0.3) is 0 Å². The van der Waals surface area contributed by atoms with Gasteiger partial charge in [0.05, 0.1) is 12.2 Å². The zero-order valence-electron chi connectivity index (χ0n) is 11.0. The van der Waals surface area contributed by atoms with Crippen molar-refractivity contribution in [1.29, 1.82) is 0 Å². The van der Waals surface area contributed by atoms with Crippen LogP contribution in [0.4, 0.5) is 0 Å². The molecule has 92 valence electrons. The highest BCUT2D eigenvalue weighted by atomic mass is 16.5. The maximum absolute atomic E-state index is 6.40. The molecule has 7 atom stereocenters. The average molecular weight is 222 g/mol. The summed E-state index contributed by atoms with van der Waals surface area (Å²) in [5.74, 6) is 4.41. The fraction of sp³-hybridized carbons (Fsp3) is 1.00. The van der Waals surface area contributed by atoms with Crippen LogP contribution >= 0.6 is 0 Å². The van der Waals surface area contributed by atoms with Gasteiger partial charge in [0.25, 0.3) is 0 Å². The molecular formula is C15H26O. The monoisotopic (exact) mass is 222 g/mol. The number of fused-ring (bicyclic) bond motifs is 3. The summed E-state index contributed by atoms with van der Waals surface area (Å²) in [5, 5.41) is 0. The van der Waals surface area contributed by atoms with Gasteiger partial charge in [0.15, 0.2) is 0 Å². The number of hydrogen-bond donors (Lipinski definition) is 0. The molecule has 1 heteroatoms. The number of hydrogen-bond acceptors (Lipinski definition) is 1. The Hall–Kier alpha value is -0.0400. The van der Waals surface area contributed by atoms with Gasteiger partial charge < -0.3 is 4.74 Å². The van der Waals surface area contributed by atoms with Gasteiger partial charge in [-0.2, -0.15) is 0 Å². The standard InChI is InChI=1S/C15H26O/c1-9-5-4-6-12-13-7-10(2)11(3)8-14(13)16-15(9)12/h9-15H,4-8H2,1-3H3. The van der Waals surface area contributed by atoms with E-state index in [0.717, 1.165) is 29.6 Å². The first-order valence-electron chi connectivity index (χ1n) is 7.32. The molecule has 3 aliphatic rings. The van der Waals surface area contributed by atoms with E-state index in [1.807, 2.05) is 0 Å². The predicted molar refractivity (Wildman–Crippen MR) is 66.2 cm³/mol. The maximum atomic E-state index is 6.40. The molecule has 0 radical (unpaired) electrons. The minimum Gasteiger partial charge on any atom is -0.374 e. The summed E-state index contributed by atoms with van der Waals surface area (Å²) in [5.41, 5.74) is 0. The summed E-state index contributed by atoms with van der Waals surface area (Å²) in [6.45, 7) is 7.26. The fourth-order valence-corrected chi connectivity index (χ4v) is 4.51. The van der Waals surface area contributed by atoms with Crippen LogP contribution in [0.3, 0.4) is 0 Å². The van der Waals surface area contributed by atoms with Gasteiger partial charge in [-0.25, -0.2) is 0 Å². The third kappa shape index (κ3) is 1.63. The van der Waals surface area contributed by atoms with Gasteiger partial charge >= 0.3 is 0 Å². The molecule has 2 aliphatic carbocycles. The molecule has 0 amide bonds. The van der Waals surface area contributed by atoms with Gasteiger partial charge in [0.1, 0.15) is 0 Å². The number of rotatable bonds is 0. The second-order valence-corrected chi connectivity index (χ2v) is 6.80. The lowest BCUT2D eigenvalue weighted by atomic mass is 9.66. The van der Waals surface area contributed by atoms with Crippen LogP contribution in [0.15, 0.2) is 0 Å². The Labute approximate surface area is 99.9 Å². The number of ether oxygens (including phenoxy) is 1. The van der Waals surface area contributed by atoms with E-state index in [4.69, 9.17) is 4.74 Å². The molecule has 3 fully saturated rings. The van der Waals surface area contributed by atoms with Crippen molar-refractivity contribution >= 4 is 0 Å². The zero-order valence-corrected chi connectivity index (χ0v) is 11.0. The molecular weight excluding hydrogens is 196 g/mol. The molecule has 0 aromatic carbocycles. The molecule has 0 bridgehead atoms. The van der Waals surface area contributed by atoms with Crippen LogP contribution in [-0.4, -0.2) is 12.2 Å². The van der Waals surface area contributed by atoms with E-state index < -0.39 is 0 Å². The summed E-state index contributed by atoms with van der Waals surface area (Å²) in [7, 11) is 0. The van der Waals surface area contributed by atoms with Crippen molar-refractivity contribution in [3.63, 3.8) is 0 Å². The van der Waals surface area contributed by atoms with Crippen molar-refractivity contribution in [3.8, 4) is 0 Å². The van der Waals surface area contributed by atoms with Gasteiger partial charge in [-0.1, -0.05) is 27.2 Å². The van der Waals surface area contributed by atoms with E-state index in [9.17, 15) is 0 Å². The van der Waals surface area contributed by atoms with E-state index >= 15 is 0 Å². The van der Waals surface area contributed by atoms with Crippen molar-refractivity contribution in [2.24, 2.45) is 29.6 Å². The second kappa shape index (κ2) is 4.01. The molecule has 0 spiro atoms. The van der Waals surface area contributed by atoms with Crippen LogP contribution in [0.5, 0.6) is 0 Å². The second-order valence-electron chi connectivity index (χ2n) is 6.80. The SMILES string of the molecule is CC1CC2OC3C(C)CCCC3C2CC1C. The third-order valence-electron chi connectivity index (χ3n) is 5.76. The molecule has 0 aromatic rings. The van der Waals surface area contributed by atoms with Crippen molar-refractivity contribution in [2.75, 3.05) is 0 Å². The topological polar surface area (TPSA) is 9.23 Å². The Morgan fingerprint density at radius 2 is 1.56 bits per heavy atom. The third-order valence-corrected chi connectivity index (χ3v) is 5.76. The van der Waals surface area contributed by atoms with Crippen molar-refractivity contribution in [3.05, 3.63) is 0 Å². The molecule has 7 unspecified atom stereocenters. The lowest BCUT2D eigenvalue weighted by molar-refractivity contribution is -0.0314. The molecule has 3 rings (SSSR count). The van der Waals surface area contributed by atoms with Crippen LogP contribution in [0, 0.1) is 29.6 Å². The molecule has 0 N–H and O–H groups in total. The van der Waals surface area contributed by atoms with Crippen LogP contribution in [0.1, 0.15) is 52.9 Å². The van der Waals surface area contributed by atoms with Crippen LogP contribution in [-0.2, 0) is 4.74 Å². The van der Waals surface area contributed by atoms with Gasteiger partial charge in [-0.3, -0.25) is 0 Å². The highest BCUT2D eigenvalue weighted by Crippen LogP contribution is 2.51. The summed E-state index contributed by atoms with van der Waals surface area (Å²) >= 11 is 0. The summed E-state index contributed by atoms with van der Waals surface area (Å²) < 4.78 is 6.40. The Morgan fingerprint density at radius 3 is 2.38 bits per heavy atom. The Balaban J connectivity index is 1.78. The molecule has 2 saturated carbocycles. The molecule has 1 saturated heterocycles. The fourth-order valence-electron chi connectivity index (χ4n) is 4.51. The van der Waals surface area contributed by atoms with Gasteiger partial charge in [0, 0.05) is 0 Å². The predicted octanol–water partition coefficient (Wildman–Crippen LogP) is 3.87. The first-order valence-corrected chi connectivity index (χ1v) is 7.32. The lowest BCUT2D eigenvalue weighted by Crippen LogP contribution is -2.34. The Kier molecular flexibility index (Phi) is 2.78. The van der Waals surface area contributed by atoms with Gasteiger partial charge in [-0.05, 0) is 55.3 Å². The molecule has 1 heterocycles. The van der Waals surface area contributed by atoms with Gasteiger partial charge in [0.2, 0.25) is 0 Å². The summed E-state index contributed by atoms with van der Waals surface area (Å²) in [4.78, 5) is 0. The first-order chi connectivity index (χ1) is 7.66. The minimum atomic E-state index is 0.612. The molecule has 16 heavy (non-hydrogen) atoms. The molecule has 0 aromatic heterocycles. The maximum Gasteiger partial charge on any atom is 0.0636 e. The van der Waals surface area contributed by atoms with E-state index in [1.54, 1.807) is 0 Å². The highest BCUT2D eigenvalue weighted by Gasteiger charge is 2.50. The van der Waals surface area contributed by atoms with E-state index in [2.05, 4.69) is 20.8 Å². The average Bonchev–Trinajstić information content (AvgIpc) is 2.59. The van der Waals surface area contributed by atoms with Crippen LogP contribution in [0.2, 0.25) is 0 Å². The zero-order chi connectivity index (χ0) is 11.3. The largest absolute Gasteiger partial charge is 0.374 e. The van der Waals surface area contributed by atoms with Crippen molar-refractivity contribution in [2.45, 2.75) is 65.1 Å².